The first-order chi connectivity index (χ1) is 5.59. The van der Waals surface area contributed by atoms with Gasteiger partial charge in [-0.2, -0.15) is 0 Å². The summed E-state index contributed by atoms with van der Waals surface area (Å²) in [6.07, 6.45) is 0.164. The van der Waals surface area contributed by atoms with E-state index in [-0.39, 0.29) is 12.5 Å². The van der Waals surface area contributed by atoms with Gasteiger partial charge in [-0.25, -0.2) is 0 Å². The molecule has 0 bridgehead atoms. The van der Waals surface area contributed by atoms with Gasteiger partial charge < -0.3 is 11.5 Å². The smallest absolute Gasteiger partial charge is 0.219 e. The number of thiophene rings is 1. The van der Waals surface area contributed by atoms with Gasteiger partial charge in [-0.15, -0.1) is 11.3 Å². The normalized spacial score (nSPS) is 12.8. The second-order valence-electron chi connectivity index (χ2n) is 2.44. The largest absolute Gasteiger partial charge is 0.370 e. The maximum absolute atomic E-state index is 10.5. The average Bonchev–Trinajstić information content (AvgIpc) is 2.34. The molecule has 0 aliphatic rings. The predicted molar refractivity (Wildman–Crippen MR) is 50.1 cm³/mol. The van der Waals surface area contributed by atoms with Crippen molar-refractivity contribution in [3.05, 3.63) is 21.3 Å². The van der Waals surface area contributed by atoms with Crippen LogP contribution in [-0.4, -0.2) is 5.91 Å². The lowest BCUT2D eigenvalue weighted by Gasteiger charge is -2.04. The number of carbonyl (C=O) groups is 1. The van der Waals surface area contributed by atoms with Crippen molar-refractivity contribution >= 4 is 28.8 Å². The Morgan fingerprint density at radius 1 is 1.75 bits per heavy atom. The van der Waals surface area contributed by atoms with E-state index < -0.39 is 5.91 Å². The summed E-state index contributed by atoms with van der Waals surface area (Å²) < 4.78 is 0. The molecule has 0 fully saturated rings. The van der Waals surface area contributed by atoms with Crippen molar-refractivity contribution in [3.8, 4) is 0 Å². The number of hydrogen-bond donors (Lipinski definition) is 2. The molecule has 5 heteroatoms. The summed E-state index contributed by atoms with van der Waals surface area (Å²) >= 11 is 7.11. The van der Waals surface area contributed by atoms with Crippen LogP contribution in [0.5, 0.6) is 0 Å². The van der Waals surface area contributed by atoms with E-state index in [1.807, 2.05) is 0 Å². The van der Waals surface area contributed by atoms with Crippen molar-refractivity contribution in [2.75, 3.05) is 0 Å². The summed E-state index contributed by atoms with van der Waals surface area (Å²) in [5, 5.41) is 2.42. The second kappa shape index (κ2) is 3.89. The summed E-state index contributed by atoms with van der Waals surface area (Å²) in [4.78, 5) is 11.4. The molecule has 0 spiro atoms. The van der Waals surface area contributed by atoms with Crippen LogP contribution in [0, 0.1) is 0 Å². The Morgan fingerprint density at radius 3 is 2.83 bits per heavy atom. The molecule has 1 rings (SSSR count). The standard InChI is InChI=1S/C7H9ClN2OS/c8-4-1-6(12-3-4)5(9)2-7(10)11/h1,3,5H,2,9H2,(H2,10,11)/t5-/m0/s1. The molecule has 1 atom stereocenters. The highest BCUT2D eigenvalue weighted by molar-refractivity contribution is 7.10. The first kappa shape index (κ1) is 9.51. The first-order valence-corrected chi connectivity index (χ1v) is 4.63. The van der Waals surface area contributed by atoms with Gasteiger partial charge in [0.2, 0.25) is 5.91 Å². The van der Waals surface area contributed by atoms with E-state index in [1.165, 1.54) is 11.3 Å². The van der Waals surface area contributed by atoms with Crippen LogP contribution in [-0.2, 0) is 4.79 Å². The van der Waals surface area contributed by atoms with Gasteiger partial charge in [-0.1, -0.05) is 11.6 Å². The van der Waals surface area contributed by atoms with Gasteiger partial charge in [0.05, 0.1) is 5.02 Å². The van der Waals surface area contributed by atoms with Crippen molar-refractivity contribution in [3.63, 3.8) is 0 Å². The van der Waals surface area contributed by atoms with Crippen LogP contribution in [0.1, 0.15) is 17.3 Å². The third-order valence-electron chi connectivity index (χ3n) is 1.37. The number of primary amides is 1. The summed E-state index contributed by atoms with van der Waals surface area (Å²) in [5.41, 5.74) is 10.7. The van der Waals surface area contributed by atoms with Crippen molar-refractivity contribution in [2.24, 2.45) is 11.5 Å². The first-order valence-electron chi connectivity index (χ1n) is 3.37. The van der Waals surface area contributed by atoms with Crippen LogP contribution in [0.15, 0.2) is 11.4 Å². The summed E-state index contributed by atoms with van der Waals surface area (Å²) in [5.74, 6) is -0.396. The van der Waals surface area contributed by atoms with Gasteiger partial charge >= 0.3 is 0 Å². The lowest BCUT2D eigenvalue weighted by atomic mass is 10.2. The Hall–Kier alpha value is -0.580. The lowest BCUT2D eigenvalue weighted by Crippen LogP contribution is -2.19. The van der Waals surface area contributed by atoms with E-state index in [0.717, 1.165) is 4.88 Å². The third kappa shape index (κ3) is 2.48. The molecule has 0 aliphatic carbocycles. The van der Waals surface area contributed by atoms with Gasteiger partial charge in [0.15, 0.2) is 0 Å². The summed E-state index contributed by atoms with van der Waals surface area (Å²) in [6, 6.07) is 1.43. The maximum atomic E-state index is 10.5. The number of nitrogens with two attached hydrogens (primary N) is 2. The lowest BCUT2D eigenvalue weighted by molar-refractivity contribution is -0.118. The topological polar surface area (TPSA) is 69.1 Å². The Bertz CT molecular complexity index is 287. The van der Waals surface area contributed by atoms with E-state index in [0.29, 0.717) is 5.02 Å². The molecule has 1 amide bonds. The molecule has 1 aromatic heterocycles. The number of hydrogen-bond acceptors (Lipinski definition) is 3. The molecule has 66 valence electrons. The van der Waals surface area contributed by atoms with Gasteiger partial charge in [0.1, 0.15) is 0 Å². The van der Waals surface area contributed by atoms with Gasteiger partial charge in [0.25, 0.3) is 0 Å². The summed E-state index contributed by atoms with van der Waals surface area (Å²) in [7, 11) is 0. The predicted octanol–water partition coefficient (Wildman–Crippen LogP) is 1.28. The number of carbonyl (C=O) groups excluding carboxylic acids is 1. The minimum Gasteiger partial charge on any atom is -0.370 e. The molecular formula is C7H9ClN2OS. The highest BCUT2D eigenvalue weighted by atomic mass is 35.5. The Kier molecular flexibility index (Phi) is 3.08. The number of rotatable bonds is 3. The highest BCUT2D eigenvalue weighted by Gasteiger charge is 2.10. The van der Waals surface area contributed by atoms with E-state index in [9.17, 15) is 4.79 Å². The molecule has 0 unspecified atom stereocenters. The van der Waals surface area contributed by atoms with E-state index in [4.69, 9.17) is 23.1 Å². The van der Waals surface area contributed by atoms with Crippen LogP contribution < -0.4 is 11.5 Å². The minimum absolute atomic E-state index is 0.164. The van der Waals surface area contributed by atoms with Gasteiger partial charge in [-0.3, -0.25) is 4.79 Å². The third-order valence-corrected chi connectivity index (χ3v) is 2.79. The second-order valence-corrected chi connectivity index (χ2v) is 3.82. The molecule has 1 aromatic rings. The molecule has 0 aromatic carbocycles. The Balaban J connectivity index is 2.64. The maximum Gasteiger partial charge on any atom is 0.219 e. The fraction of sp³-hybridized carbons (Fsp3) is 0.286. The Labute approximate surface area is 79.3 Å². The fourth-order valence-corrected chi connectivity index (χ4v) is 1.93. The van der Waals surface area contributed by atoms with Crippen molar-refractivity contribution in [2.45, 2.75) is 12.5 Å². The van der Waals surface area contributed by atoms with Crippen molar-refractivity contribution in [1.82, 2.24) is 0 Å². The molecular weight excluding hydrogens is 196 g/mol. The molecule has 0 radical (unpaired) electrons. The zero-order chi connectivity index (χ0) is 9.14. The Morgan fingerprint density at radius 2 is 2.42 bits per heavy atom. The average molecular weight is 205 g/mol. The van der Waals surface area contributed by atoms with Crippen LogP contribution in [0.25, 0.3) is 0 Å². The van der Waals surface area contributed by atoms with Crippen LogP contribution >= 0.6 is 22.9 Å². The molecule has 0 saturated heterocycles. The fourth-order valence-electron chi connectivity index (χ4n) is 0.840. The SMILES string of the molecule is NC(=O)C[C@H](N)c1cc(Cl)cs1. The quantitative estimate of drug-likeness (QED) is 0.779. The van der Waals surface area contributed by atoms with Gasteiger partial charge in [-0.05, 0) is 6.07 Å². The molecule has 4 N–H and O–H groups in total. The molecule has 1 heterocycles. The van der Waals surface area contributed by atoms with Crippen LogP contribution in [0.3, 0.4) is 0 Å². The van der Waals surface area contributed by atoms with Crippen LogP contribution in [0.2, 0.25) is 5.02 Å². The van der Waals surface area contributed by atoms with Crippen molar-refractivity contribution < 1.29 is 4.79 Å². The molecule has 0 aliphatic heterocycles. The monoisotopic (exact) mass is 204 g/mol. The number of amides is 1. The van der Waals surface area contributed by atoms with E-state index in [1.54, 1.807) is 11.4 Å². The van der Waals surface area contributed by atoms with E-state index >= 15 is 0 Å². The molecule has 0 saturated carbocycles. The zero-order valence-electron chi connectivity index (χ0n) is 6.29. The number of halogens is 1. The summed E-state index contributed by atoms with van der Waals surface area (Å²) in [6.45, 7) is 0. The van der Waals surface area contributed by atoms with Gasteiger partial charge in [0, 0.05) is 22.7 Å². The van der Waals surface area contributed by atoms with Crippen LogP contribution in [0.4, 0.5) is 0 Å². The molecule has 3 nitrogen and oxygen atoms in total. The van der Waals surface area contributed by atoms with E-state index in [2.05, 4.69) is 0 Å². The van der Waals surface area contributed by atoms with Crippen molar-refractivity contribution in [1.29, 1.82) is 0 Å². The molecule has 12 heavy (non-hydrogen) atoms. The highest BCUT2D eigenvalue weighted by Crippen LogP contribution is 2.25. The minimum atomic E-state index is -0.396. The zero-order valence-corrected chi connectivity index (χ0v) is 7.86.